The van der Waals surface area contributed by atoms with E-state index in [1.165, 1.54) is 6.08 Å². The van der Waals surface area contributed by atoms with Gasteiger partial charge < -0.3 is 14.6 Å². The maximum atomic E-state index is 10.3. The first-order chi connectivity index (χ1) is 8.11. The molecule has 0 saturated carbocycles. The molecule has 1 rings (SSSR count). The molecule has 0 fully saturated rings. The summed E-state index contributed by atoms with van der Waals surface area (Å²) in [4.78, 5) is 14.3. The van der Waals surface area contributed by atoms with E-state index in [2.05, 4.69) is 4.98 Å². The maximum absolute atomic E-state index is 10.3. The normalized spacial score (nSPS) is 12.6. The lowest BCUT2D eigenvalue weighted by Gasteiger charge is -2.10. The Morgan fingerprint density at radius 3 is 2.88 bits per heavy atom. The van der Waals surface area contributed by atoms with Gasteiger partial charge in [-0.25, -0.2) is 4.79 Å². The average Bonchev–Trinajstić information content (AvgIpc) is 2.34. The third kappa shape index (κ3) is 5.12. The molecular formula is C12H15NO4. The van der Waals surface area contributed by atoms with Gasteiger partial charge in [0.1, 0.15) is 12.4 Å². The van der Waals surface area contributed by atoms with Crippen LogP contribution in [0.4, 0.5) is 0 Å². The highest BCUT2D eigenvalue weighted by Crippen LogP contribution is 2.10. The minimum atomic E-state index is -0.999. The number of aromatic nitrogens is 1. The highest BCUT2D eigenvalue weighted by Gasteiger charge is 2.01. The number of pyridine rings is 1. The topological polar surface area (TPSA) is 68.7 Å². The van der Waals surface area contributed by atoms with E-state index in [9.17, 15) is 4.79 Å². The molecule has 0 radical (unpaired) electrons. The molecule has 0 aromatic carbocycles. The zero-order valence-electron chi connectivity index (χ0n) is 9.79. The summed E-state index contributed by atoms with van der Waals surface area (Å²) in [6.45, 7) is 2.35. The average molecular weight is 237 g/mol. The minimum absolute atomic E-state index is 0.0154. The van der Waals surface area contributed by atoms with Gasteiger partial charge in [0.05, 0.1) is 18.0 Å². The largest absolute Gasteiger partial charge is 0.489 e. The van der Waals surface area contributed by atoms with Gasteiger partial charge in [0, 0.05) is 13.2 Å². The van der Waals surface area contributed by atoms with E-state index in [0.717, 1.165) is 6.08 Å². The second-order valence-corrected chi connectivity index (χ2v) is 3.45. The van der Waals surface area contributed by atoms with Crippen molar-refractivity contribution in [1.29, 1.82) is 0 Å². The Labute approximate surface area is 99.7 Å². The third-order valence-corrected chi connectivity index (χ3v) is 2.04. The first-order valence-electron chi connectivity index (χ1n) is 5.14. The summed E-state index contributed by atoms with van der Waals surface area (Å²) >= 11 is 0. The van der Waals surface area contributed by atoms with Crippen LogP contribution >= 0.6 is 0 Å². The Hall–Kier alpha value is -1.88. The van der Waals surface area contributed by atoms with Crippen molar-refractivity contribution < 1.29 is 19.4 Å². The first kappa shape index (κ1) is 13.2. The van der Waals surface area contributed by atoms with Crippen LogP contribution in [0.1, 0.15) is 12.6 Å². The number of carboxylic acids is 1. The van der Waals surface area contributed by atoms with Crippen LogP contribution in [0.3, 0.4) is 0 Å². The van der Waals surface area contributed by atoms with Gasteiger partial charge >= 0.3 is 5.97 Å². The highest BCUT2D eigenvalue weighted by molar-refractivity contribution is 5.84. The smallest absolute Gasteiger partial charge is 0.328 e. The molecule has 0 spiro atoms. The molecule has 17 heavy (non-hydrogen) atoms. The Bertz CT molecular complexity index is 386. The Morgan fingerprint density at radius 1 is 1.59 bits per heavy atom. The summed E-state index contributed by atoms with van der Waals surface area (Å²) < 4.78 is 10.5. The fourth-order valence-corrected chi connectivity index (χ4v) is 1.01. The van der Waals surface area contributed by atoms with Crippen LogP contribution in [0.15, 0.2) is 24.4 Å². The number of hydrogen-bond acceptors (Lipinski definition) is 4. The molecule has 5 heteroatoms. The van der Waals surface area contributed by atoms with E-state index in [1.807, 2.05) is 6.92 Å². The highest BCUT2D eigenvalue weighted by atomic mass is 16.5. The number of carboxylic acid groups (broad SMARTS) is 1. The number of nitrogens with zero attached hydrogens (tertiary/aromatic N) is 1. The second-order valence-electron chi connectivity index (χ2n) is 3.45. The molecule has 5 nitrogen and oxygen atoms in total. The van der Waals surface area contributed by atoms with Crippen LogP contribution in [0.5, 0.6) is 5.75 Å². The second kappa shape index (κ2) is 6.65. The van der Waals surface area contributed by atoms with Gasteiger partial charge in [0.25, 0.3) is 0 Å². The van der Waals surface area contributed by atoms with Crippen molar-refractivity contribution in [1.82, 2.24) is 4.98 Å². The van der Waals surface area contributed by atoms with Crippen LogP contribution in [-0.4, -0.2) is 35.9 Å². The van der Waals surface area contributed by atoms with E-state index < -0.39 is 5.97 Å². The molecule has 1 N–H and O–H groups in total. The fourth-order valence-electron chi connectivity index (χ4n) is 1.01. The minimum Gasteiger partial charge on any atom is -0.489 e. The number of carbonyl (C=O) groups is 1. The predicted octanol–water partition coefficient (Wildman–Crippen LogP) is 1.59. The summed E-state index contributed by atoms with van der Waals surface area (Å²) in [5, 5.41) is 8.45. The lowest BCUT2D eigenvalue weighted by Crippen LogP contribution is -2.15. The van der Waals surface area contributed by atoms with Crippen LogP contribution in [0.25, 0.3) is 6.08 Å². The fraction of sp³-hybridized carbons (Fsp3) is 0.333. The van der Waals surface area contributed by atoms with Gasteiger partial charge in [-0.2, -0.15) is 0 Å². The van der Waals surface area contributed by atoms with Crippen molar-refractivity contribution >= 4 is 12.0 Å². The van der Waals surface area contributed by atoms with Gasteiger partial charge in [0.15, 0.2) is 0 Å². The molecule has 0 aliphatic carbocycles. The van der Waals surface area contributed by atoms with Gasteiger partial charge in [0.2, 0.25) is 0 Å². The van der Waals surface area contributed by atoms with E-state index in [0.29, 0.717) is 18.1 Å². The van der Waals surface area contributed by atoms with Crippen molar-refractivity contribution in [2.75, 3.05) is 13.7 Å². The van der Waals surface area contributed by atoms with Crippen molar-refractivity contribution in [3.05, 3.63) is 30.1 Å². The Kier molecular flexibility index (Phi) is 5.16. The predicted molar refractivity (Wildman–Crippen MR) is 62.9 cm³/mol. The van der Waals surface area contributed by atoms with Gasteiger partial charge in [-0.3, -0.25) is 4.98 Å². The van der Waals surface area contributed by atoms with Crippen molar-refractivity contribution in [2.24, 2.45) is 0 Å². The van der Waals surface area contributed by atoms with Crippen LogP contribution in [0.2, 0.25) is 0 Å². The van der Waals surface area contributed by atoms with Crippen molar-refractivity contribution in [2.45, 2.75) is 13.0 Å². The number of aliphatic carboxylic acids is 1. The standard InChI is InChI=1S/C12H15NO4/c1-9(16-2)8-17-11-5-3-10(13-7-11)4-6-12(14)15/h3-7,9H,8H2,1-2H3,(H,14,15)/b6-4+. The van der Waals surface area contributed by atoms with Crippen LogP contribution in [-0.2, 0) is 9.53 Å². The number of rotatable bonds is 6. The van der Waals surface area contributed by atoms with Gasteiger partial charge in [-0.1, -0.05) is 0 Å². The molecule has 0 bridgehead atoms. The molecule has 1 heterocycles. The van der Waals surface area contributed by atoms with Crippen molar-refractivity contribution in [3.63, 3.8) is 0 Å². The quantitative estimate of drug-likeness (QED) is 0.761. The van der Waals surface area contributed by atoms with E-state index in [-0.39, 0.29) is 6.10 Å². The molecule has 1 atom stereocenters. The number of hydrogen-bond donors (Lipinski definition) is 1. The summed E-state index contributed by atoms with van der Waals surface area (Å²) in [6, 6.07) is 3.42. The molecule has 0 aliphatic rings. The maximum Gasteiger partial charge on any atom is 0.328 e. The van der Waals surface area contributed by atoms with E-state index in [1.54, 1.807) is 25.4 Å². The first-order valence-corrected chi connectivity index (χ1v) is 5.14. The Balaban J connectivity index is 2.53. The number of ether oxygens (including phenoxy) is 2. The molecule has 0 saturated heterocycles. The summed E-state index contributed by atoms with van der Waals surface area (Å²) in [5.41, 5.74) is 0.569. The summed E-state index contributed by atoms with van der Waals surface area (Å²) in [5.74, 6) is -0.373. The zero-order valence-corrected chi connectivity index (χ0v) is 9.79. The SMILES string of the molecule is COC(C)COc1ccc(/C=C/C(=O)O)nc1. The molecule has 0 aliphatic heterocycles. The molecule has 0 amide bonds. The monoisotopic (exact) mass is 237 g/mol. The van der Waals surface area contributed by atoms with E-state index >= 15 is 0 Å². The number of methoxy groups -OCH3 is 1. The molecule has 1 aromatic heterocycles. The van der Waals surface area contributed by atoms with Crippen LogP contribution in [0, 0.1) is 0 Å². The van der Waals surface area contributed by atoms with Gasteiger partial charge in [-0.05, 0) is 25.1 Å². The lowest BCUT2D eigenvalue weighted by molar-refractivity contribution is -0.131. The van der Waals surface area contributed by atoms with Crippen LogP contribution < -0.4 is 4.74 Å². The molecule has 92 valence electrons. The third-order valence-electron chi connectivity index (χ3n) is 2.04. The van der Waals surface area contributed by atoms with Crippen molar-refractivity contribution in [3.8, 4) is 5.75 Å². The Morgan fingerprint density at radius 2 is 2.35 bits per heavy atom. The van der Waals surface area contributed by atoms with Gasteiger partial charge in [-0.15, -0.1) is 0 Å². The molecule has 1 aromatic rings. The summed E-state index contributed by atoms with van der Waals surface area (Å²) in [7, 11) is 1.62. The summed E-state index contributed by atoms with van der Waals surface area (Å²) in [6.07, 6.45) is 4.02. The zero-order chi connectivity index (χ0) is 12.7. The lowest BCUT2D eigenvalue weighted by atomic mass is 10.3. The molecule has 1 unspecified atom stereocenters. The molecular weight excluding hydrogens is 222 g/mol. The van der Waals surface area contributed by atoms with E-state index in [4.69, 9.17) is 14.6 Å².